The molecule has 1 aliphatic rings. The van der Waals surface area contributed by atoms with Gasteiger partial charge in [-0.2, -0.15) is 4.57 Å². The molecule has 9 heteroatoms. The zero-order chi connectivity index (χ0) is 20.0. The zero-order valence-electron chi connectivity index (χ0n) is 13.9. The molecule has 2 aromatic carbocycles. The lowest BCUT2D eigenvalue weighted by Gasteiger charge is -2.03. The molecule has 0 spiro atoms. The number of fused-ring (bicyclic) bond motifs is 1. The number of imidazole rings is 1. The van der Waals surface area contributed by atoms with Gasteiger partial charge in [0.15, 0.2) is 11.6 Å². The van der Waals surface area contributed by atoms with Gasteiger partial charge in [0.2, 0.25) is 5.88 Å². The lowest BCUT2D eigenvalue weighted by Crippen LogP contribution is -2.24. The number of hydrogen-bond acceptors (Lipinski definition) is 4. The van der Waals surface area contributed by atoms with Gasteiger partial charge in [0.1, 0.15) is 5.69 Å². The van der Waals surface area contributed by atoms with E-state index in [0.717, 1.165) is 17.7 Å². The van der Waals surface area contributed by atoms with Gasteiger partial charge in [-0.1, -0.05) is 17.7 Å². The van der Waals surface area contributed by atoms with E-state index in [-0.39, 0.29) is 11.3 Å². The molecule has 0 fully saturated rings. The maximum atomic E-state index is 13.4. The predicted octanol–water partition coefficient (Wildman–Crippen LogP) is 3.76. The Labute approximate surface area is 161 Å². The third-order valence-corrected chi connectivity index (χ3v) is 4.42. The number of carbonyl (C=O) groups excluding carboxylic acids is 1. The average Bonchev–Trinajstić information content (AvgIpc) is 3.17. The van der Waals surface area contributed by atoms with Gasteiger partial charge in [-0.3, -0.25) is 9.79 Å². The molecule has 3 aromatic rings. The average molecular weight is 402 g/mol. The van der Waals surface area contributed by atoms with Crippen LogP contribution in [-0.2, 0) is 0 Å². The van der Waals surface area contributed by atoms with Crippen LogP contribution in [0.15, 0.2) is 46.2 Å². The van der Waals surface area contributed by atoms with Crippen LogP contribution in [0.2, 0.25) is 5.02 Å². The molecule has 0 bridgehead atoms. The molecule has 28 heavy (non-hydrogen) atoms. The van der Waals surface area contributed by atoms with Crippen LogP contribution in [0, 0.1) is 11.6 Å². The lowest BCUT2D eigenvalue weighted by molar-refractivity contribution is 0.0946. The molecule has 4 rings (SSSR count). The highest BCUT2D eigenvalue weighted by atomic mass is 35.5. The molecule has 1 aromatic heterocycles. The minimum Gasteiger partial charge on any atom is -0.493 e. The van der Waals surface area contributed by atoms with E-state index in [2.05, 4.69) is 9.98 Å². The molecule has 0 saturated carbocycles. The number of hydrogen-bond donors (Lipinski definition) is 2. The normalized spacial score (nSPS) is 13.9. The molecule has 1 aliphatic heterocycles. The van der Waals surface area contributed by atoms with Crippen LogP contribution in [0.4, 0.5) is 14.5 Å². The van der Waals surface area contributed by atoms with Crippen molar-refractivity contribution in [2.24, 2.45) is 4.99 Å². The number of H-pyrrole nitrogens is 1. The maximum Gasteiger partial charge on any atom is 0.336 e. The van der Waals surface area contributed by atoms with E-state index in [1.165, 1.54) is 12.3 Å². The van der Waals surface area contributed by atoms with Crippen molar-refractivity contribution >= 4 is 41.1 Å². The molecule has 0 atom stereocenters. The van der Waals surface area contributed by atoms with Crippen molar-refractivity contribution in [3.63, 3.8) is 0 Å². The highest BCUT2D eigenvalue weighted by Crippen LogP contribution is 2.35. The van der Waals surface area contributed by atoms with Gasteiger partial charge >= 0.3 is 5.69 Å². The fourth-order valence-electron chi connectivity index (χ4n) is 2.83. The number of halogens is 3. The number of rotatable bonds is 2. The van der Waals surface area contributed by atoms with Gasteiger partial charge in [0.05, 0.1) is 5.69 Å². The quantitative estimate of drug-likeness (QED) is 0.685. The summed E-state index contributed by atoms with van der Waals surface area (Å²) in [5, 5.41) is 10.9. The topological polar surface area (TPSA) is 87.4 Å². The van der Waals surface area contributed by atoms with Crippen LogP contribution in [0.3, 0.4) is 0 Å². The van der Waals surface area contributed by atoms with Crippen molar-refractivity contribution in [2.75, 3.05) is 0 Å². The molecule has 0 amide bonds. The van der Waals surface area contributed by atoms with Crippen LogP contribution < -0.4 is 5.69 Å². The first kappa shape index (κ1) is 17.9. The summed E-state index contributed by atoms with van der Waals surface area (Å²) in [4.78, 5) is 31.2. The fraction of sp³-hybridized carbons (Fsp3) is 0. The summed E-state index contributed by atoms with van der Waals surface area (Å²) in [7, 11) is 0. The second-order valence-corrected chi connectivity index (χ2v) is 6.39. The molecule has 0 saturated heterocycles. The van der Waals surface area contributed by atoms with Gasteiger partial charge in [0, 0.05) is 27.9 Å². The molecule has 0 aliphatic carbocycles. The molecular weight excluding hydrogens is 392 g/mol. The van der Waals surface area contributed by atoms with Crippen molar-refractivity contribution in [1.82, 2.24) is 9.55 Å². The first-order valence-corrected chi connectivity index (χ1v) is 8.32. The van der Waals surface area contributed by atoms with E-state index in [0.29, 0.717) is 26.9 Å². The van der Waals surface area contributed by atoms with Crippen molar-refractivity contribution in [3.05, 3.63) is 80.4 Å². The summed E-state index contributed by atoms with van der Waals surface area (Å²) >= 11 is 5.92. The summed E-state index contributed by atoms with van der Waals surface area (Å²) in [6.07, 6.45) is 2.96. The van der Waals surface area contributed by atoms with E-state index in [4.69, 9.17) is 11.6 Å². The van der Waals surface area contributed by atoms with Crippen molar-refractivity contribution in [2.45, 2.75) is 0 Å². The molecule has 6 nitrogen and oxygen atoms in total. The van der Waals surface area contributed by atoms with Crippen LogP contribution in [0.25, 0.3) is 11.6 Å². The standard InChI is InChI=1S/C19H10ClF2N3O3/c20-11-2-3-12-10(8-23-15(12)7-11)6-16-18(27)25(19(28)24-16)17(26)9-1-4-13(21)14(22)5-9/h1-8,27H,(H,24,28)/b10-6+. The minimum atomic E-state index is -1.24. The summed E-state index contributed by atoms with van der Waals surface area (Å²) in [5.74, 6) is -4.04. The van der Waals surface area contributed by atoms with Crippen LogP contribution >= 0.6 is 11.6 Å². The van der Waals surface area contributed by atoms with E-state index in [9.17, 15) is 23.5 Å². The third kappa shape index (κ3) is 2.93. The Morgan fingerprint density at radius 1 is 1.18 bits per heavy atom. The summed E-state index contributed by atoms with van der Waals surface area (Å²) < 4.78 is 26.9. The fourth-order valence-corrected chi connectivity index (χ4v) is 2.99. The number of nitrogens with one attached hydrogen (secondary N) is 1. The number of benzene rings is 2. The smallest absolute Gasteiger partial charge is 0.336 e. The second kappa shape index (κ2) is 6.58. The van der Waals surface area contributed by atoms with E-state index < -0.39 is 29.1 Å². The maximum absolute atomic E-state index is 13.4. The van der Waals surface area contributed by atoms with Gasteiger partial charge in [-0.15, -0.1) is 0 Å². The Hall–Kier alpha value is -3.52. The largest absolute Gasteiger partial charge is 0.493 e. The zero-order valence-corrected chi connectivity index (χ0v) is 14.7. The van der Waals surface area contributed by atoms with E-state index >= 15 is 0 Å². The monoisotopic (exact) mass is 401 g/mol. The van der Waals surface area contributed by atoms with Gasteiger partial charge in [0.25, 0.3) is 5.91 Å². The molecule has 140 valence electrons. The van der Waals surface area contributed by atoms with Crippen LogP contribution in [-0.4, -0.2) is 26.8 Å². The van der Waals surface area contributed by atoms with Gasteiger partial charge < -0.3 is 10.1 Å². The van der Waals surface area contributed by atoms with Gasteiger partial charge in [-0.25, -0.2) is 13.6 Å². The second-order valence-electron chi connectivity index (χ2n) is 5.96. The van der Waals surface area contributed by atoms with Crippen molar-refractivity contribution in [3.8, 4) is 5.88 Å². The SMILES string of the molecule is O=C(c1ccc(F)c(F)c1)n1c(O)c(/C=C2\C=Nc3cc(Cl)ccc32)[nH]c1=O. The Morgan fingerprint density at radius 2 is 1.96 bits per heavy atom. The van der Waals surface area contributed by atoms with Crippen molar-refractivity contribution < 1.29 is 18.7 Å². The Morgan fingerprint density at radius 3 is 2.71 bits per heavy atom. The highest BCUT2D eigenvalue weighted by Gasteiger charge is 2.22. The Kier molecular flexibility index (Phi) is 4.20. The number of nitrogens with zero attached hydrogens (tertiary/aromatic N) is 2. The molecular formula is C19H10ClF2N3O3. The molecule has 2 heterocycles. The first-order chi connectivity index (χ1) is 13.3. The van der Waals surface area contributed by atoms with Gasteiger partial charge in [-0.05, 0) is 36.4 Å². The van der Waals surface area contributed by atoms with Crippen molar-refractivity contribution in [1.29, 1.82) is 0 Å². The molecule has 0 unspecified atom stereocenters. The summed E-state index contributed by atoms with van der Waals surface area (Å²) in [6, 6.07) is 7.49. The molecule has 2 N–H and O–H groups in total. The summed E-state index contributed by atoms with van der Waals surface area (Å²) in [5.41, 5.74) is 0.672. The number of aliphatic imine (C=N–C) groups is 1. The predicted molar refractivity (Wildman–Crippen MR) is 100 cm³/mol. The van der Waals surface area contributed by atoms with Crippen LogP contribution in [0.5, 0.6) is 5.88 Å². The number of carbonyl (C=O) groups is 1. The Bertz CT molecular complexity index is 1260. The van der Waals surface area contributed by atoms with Crippen LogP contribution in [0.1, 0.15) is 21.6 Å². The first-order valence-electron chi connectivity index (χ1n) is 7.94. The Balaban J connectivity index is 1.75. The van der Waals surface area contributed by atoms with E-state index in [1.807, 2.05) is 0 Å². The number of aromatic hydroxyl groups is 1. The summed E-state index contributed by atoms with van der Waals surface area (Å²) in [6.45, 7) is 0. The number of allylic oxidation sites excluding steroid dienone is 1. The minimum absolute atomic E-state index is 0.0369. The highest BCUT2D eigenvalue weighted by molar-refractivity contribution is 6.31. The number of aromatic nitrogens is 2. The third-order valence-electron chi connectivity index (χ3n) is 4.18. The lowest BCUT2D eigenvalue weighted by atomic mass is 10.1. The van der Waals surface area contributed by atoms with E-state index in [1.54, 1.807) is 18.2 Å². The number of aromatic amines is 1. The molecule has 0 radical (unpaired) electrons.